The molecular weight excluding hydrogens is 257 g/mol. The Bertz CT molecular complexity index is 789. The van der Waals surface area contributed by atoms with Crippen molar-refractivity contribution in [2.24, 2.45) is 0 Å². The van der Waals surface area contributed by atoms with Gasteiger partial charge >= 0.3 is 0 Å². The molecule has 0 saturated carbocycles. The number of nitrogens with two attached hydrogens (primary N) is 1. The highest BCUT2D eigenvalue weighted by molar-refractivity contribution is 6.00. The summed E-state index contributed by atoms with van der Waals surface area (Å²) in [7, 11) is 0. The van der Waals surface area contributed by atoms with E-state index in [1.165, 1.54) is 12.1 Å². The molecule has 3 rings (SSSR count). The van der Waals surface area contributed by atoms with Crippen LogP contribution in [0, 0.1) is 5.82 Å². The summed E-state index contributed by atoms with van der Waals surface area (Å²) in [5.41, 5.74) is 6.83. The lowest BCUT2D eigenvalue weighted by Crippen LogP contribution is -1.97. The first-order valence-corrected chi connectivity index (χ1v) is 6.03. The average Bonchev–Trinajstić information content (AvgIpc) is 2.40. The molecule has 4 N–H and O–H groups in total. The van der Waals surface area contributed by atoms with Crippen molar-refractivity contribution >= 4 is 28.0 Å². The Balaban J connectivity index is 2.12. The van der Waals surface area contributed by atoms with Crippen LogP contribution in [-0.2, 0) is 0 Å². The van der Waals surface area contributed by atoms with Crippen molar-refractivity contribution in [3.8, 4) is 5.75 Å². The molecule has 0 saturated heterocycles. The highest BCUT2D eigenvalue weighted by Gasteiger charge is 2.07. The number of pyridine rings is 1. The molecule has 5 heteroatoms. The fourth-order valence-corrected chi connectivity index (χ4v) is 2.10. The van der Waals surface area contributed by atoms with E-state index in [2.05, 4.69) is 10.3 Å². The number of halogens is 1. The third-order valence-corrected chi connectivity index (χ3v) is 2.99. The van der Waals surface area contributed by atoms with Crippen molar-refractivity contribution in [2.45, 2.75) is 0 Å². The quantitative estimate of drug-likeness (QED) is 0.623. The second-order valence-electron chi connectivity index (χ2n) is 4.43. The van der Waals surface area contributed by atoms with Gasteiger partial charge in [0.2, 0.25) is 0 Å². The first-order chi connectivity index (χ1) is 9.63. The van der Waals surface area contributed by atoms with Gasteiger partial charge in [0.1, 0.15) is 17.4 Å². The zero-order valence-electron chi connectivity index (χ0n) is 10.5. The van der Waals surface area contributed by atoms with E-state index in [1.54, 1.807) is 36.5 Å². The summed E-state index contributed by atoms with van der Waals surface area (Å²) < 4.78 is 13.5. The minimum Gasteiger partial charge on any atom is -0.508 e. The van der Waals surface area contributed by atoms with Gasteiger partial charge in [-0.1, -0.05) is 6.07 Å². The molecule has 0 aliphatic rings. The second kappa shape index (κ2) is 4.70. The monoisotopic (exact) mass is 269 g/mol. The third-order valence-electron chi connectivity index (χ3n) is 2.99. The summed E-state index contributed by atoms with van der Waals surface area (Å²) in [6, 6.07) is 11.0. The van der Waals surface area contributed by atoms with Crippen molar-refractivity contribution in [3.63, 3.8) is 0 Å². The van der Waals surface area contributed by atoms with Crippen LogP contribution in [0.4, 0.5) is 21.6 Å². The topological polar surface area (TPSA) is 71.2 Å². The van der Waals surface area contributed by atoms with Crippen LogP contribution in [0.5, 0.6) is 5.75 Å². The zero-order chi connectivity index (χ0) is 14.1. The van der Waals surface area contributed by atoms with Crippen LogP contribution in [0.3, 0.4) is 0 Å². The van der Waals surface area contributed by atoms with Crippen molar-refractivity contribution in [3.05, 3.63) is 54.5 Å². The standard InChI is InChI=1S/C15H12FN3O/c16-9-6-13-12(14(17)7-9)4-5-18-15(13)19-10-2-1-3-11(20)8-10/h1-8,20H,17H2,(H,18,19). The van der Waals surface area contributed by atoms with Gasteiger partial charge in [-0.2, -0.15) is 0 Å². The molecule has 0 atom stereocenters. The molecule has 0 fully saturated rings. The van der Waals surface area contributed by atoms with E-state index >= 15 is 0 Å². The number of phenolic OH excluding ortho intramolecular Hbond substituents is 1. The van der Waals surface area contributed by atoms with Gasteiger partial charge in [-0.15, -0.1) is 0 Å². The molecule has 0 aliphatic heterocycles. The molecule has 100 valence electrons. The number of aromatic hydroxyl groups is 1. The highest BCUT2D eigenvalue weighted by Crippen LogP contribution is 2.29. The Labute approximate surface area is 114 Å². The number of benzene rings is 2. The average molecular weight is 269 g/mol. The molecule has 4 nitrogen and oxygen atoms in total. The van der Waals surface area contributed by atoms with Crippen molar-refractivity contribution < 1.29 is 9.50 Å². The van der Waals surface area contributed by atoms with Gasteiger partial charge in [-0.05, 0) is 30.3 Å². The van der Waals surface area contributed by atoms with Crippen molar-refractivity contribution in [2.75, 3.05) is 11.1 Å². The summed E-state index contributed by atoms with van der Waals surface area (Å²) in [4.78, 5) is 4.20. The first kappa shape index (κ1) is 12.2. The predicted octanol–water partition coefficient (Wildman–Crippen LogP) is 3.41. The molecule has 0 aliphatic carbocycles. The molecular formula is C15H12FN3O. The predicted molar refractivity (Wildman–Crippen MR) is 77.5 cm³/mol. The lowest BCUT2D eigenvalue weighted by molar-refractivity contribution is 0.475. The molecule has 0 bridgehead atoms. The number of fused-ring (bicyclic) bond motifs is 1. The maximum Gasteiger partial charge on any atom is 0.138 e. The van der Waals surface area contributed by atoms with Gasteiger partial charge < -0.3 is 16.2 Å². The number of anilines is 3. The number of aromatic nitrogens is 1. The maximum atomic E-state index is 13.5. The van der Waals surface area contributed by atoms with Crippen LogP contribution in [0.25, 0.3) is 10.8 Å². The van der Waals surface area contributed by atoms with Gasteiger partial charge in [-0.3, -0.25) is 0 Å². The van der Waals surface area contributed by atoms with Gasteiger partial charge in [0.05, 0.1) is 0 Å². The second-order valence-corrected chi connectivity index (χ2v) is 4.43. The van der Waals surface area contributed by atoms with E-state index in [1.807, 2.05) is 0 Å². The summed E-state index contributed by atoms with van der Waals surface area (Å²) in [5.74, 6) is 0.210. The molecule has 3 aromatic rings. The van der Waals surface area contributed by atoms with Crippen LogP contribution in [0.15, 0.2) is 48.7 Å². The normalized spacial score (nSPS) is 10.7. The fourth-order valence-electron chi connectivity index (χ4n) is 2.10. The van der Waals surface area contributed by atoms with E-state index in [0.717, 1.165) is 5.39 Å². The number of nitrogen functional groups attached to an aromatic ring is 1. The summed E-state index contributed by atoms with van der Waals surface area (Å²) in [6.07, 6.45) is 1.60. The van der Waals surface area contributed by atoms with E-state index in [-0.39, 0.29) is 5.75 Å². The number of hydrogen-bond donors (Lipinski definition) is 3. The first-order valence-electron chi connectivity index (χ1n) is 6.03. The summed E-state index contributed by atoms with van der Waals surface area (Å²) >= 11 is 0. The zero-order valence-corrected chi connectivity index (χ0v) is 10.5. The van der Waals surface area contributed by atoms with E-state index in [0.29, 0.717) is 22.6 Å². The van der Waals surface area contributed by atoms with Gasteiger partial charge in [0, 0.05) is 34.4 Å². The SMILES string of the molecule is Nc1cc(F)cc2c(Nc3cccc(O)c3)nccc12. The van der Waals surface area contributed by atoms with Crippen LogP contribution in [0.2, 0.25) is 0 Å². The number of hydrogen-bond acceptors (Lipinski definition) is 4. The van der Waals surface area contributed by atoms with Crippen molar-refractivity contribution in [1.29, 1.82) is 0 Å². The highest BCUT2D eigenvalue weighted by atomic mass is 19.1. The lowest BCUT2D eigenvalue weighted by Gasteiger charge is -2.10. The molecule has 0 amide bonds. The smallest absolute Gasteiger partial charge is 0.138 e. The van der Waals surface area contributed by atoms with Gasteiger partial charge in [0.25, 0.3) is 0 Å². The van der Waals surface area contributed by atoms with Crippen LogP contribution in [-0.4, -0.2) is 10.1 Å². The van der Waals surface area contributed by atoms with E-state index < -0.39 is 5.82 Å². The minimum atomic E-state index is -0.415. The molecule has 0 unspecified atom stereocenters. The summed E-state index contributed by atoms with van der Waals surface area (Å²) in [6.45, 7) is 0. The molecule has 20 heavy (non-hydrogen) atoms. The summed E-state index contributed by atoms with van der Waals surface area (Å²) in [5, 5.41) is 13.8. The van der Waals surface area contributed by atoms with Gasteiger partial charge in [-0.25, -0.2) is 9.37 Å². The minimum absolute atomic E-state index is 0.140. The molecule has 0 spiro atoms. The van der Waals surface area contributed by atoms with Crippen LogP contribution >= 0.6 is 0 Å². The third kappa shape index (κ3) is 2.21. The Morgan fingerprint density at radius 1 is 1.10 bits per heavy atom. The molecule has 2 aromatic carbocycles. The molecule has 1 heterocycles. The van der Waals surface area contributed by atoms with Crippen LogP contribution in [0.1, 0.15) is 0 Å². The Morgan fingerprint density at radius 3 is 2.75 bits per heavy atom. The fraction of sp³-hybridized carbons (Fsp3) is 0. The van der Waals surface area contributed by atoms with E-state index in [4.69, 9.17) is 5.73 Å². The van der Waals surface area contributed by atoms with Crippen molar-refractivity contribution in [1.82, 2.24) is 4.98 Å². The Morgan fingerprint density at radius 2 is 1.95 bits per heavy atom. The largest absolute Gasteiger partial charge is 0.508 e. The van der Waals surface area contributed by atoms with Gasteiger partial charge in [0.15, 0.2) is 0 Å². The number of nitrogens with zero attached hydrogens (tertiary/aromatic N) is 1. The number of nitrogens with one attached hydrogen (secondary N) is 1. The Hall–Kier alpha value is -2.82. The molecule has 1 aromatic heterocycles. The maximum absolute atomic E-state index is 13.5. The number of phenols is 1. The lowest BCUT2D eigenvalue weighted by atomic mass is 10.1. The Kier molecular flexibility index (Phi) is 2.87. The number of rotatable bonds is 2. The molecule has 0 radical (unpaired) electrons. The van der Waals surface area contributed by atoms with E-state index in [9.17, 15) is 9.50 Å². The van der Waals surface area contributed by atoms with Crippen LogP contribution < -0.4 is 11.1 Å².